The van der Waals surface area contributed by atoms with Crippen LogP contribution >= 0.6 is 0 Å². The summed E-state index contributed by atoms with van der Waals surface area (Å²) in [5, 5.41) is 22.6. The SMILES string of the molecule is COc1cc(C(=O)NC2CC(O)C2)ccc1[N+](=O)[O-]. The number of nitrogens with zero attached hydrogens (tertiary/aromatic N) is 1. The van der Waals surface area contributed by atoms with E-state index in [2.05, 4.69) is 5.32 Å². The minimum Gasteiger partial charge on any atom is -0.490 e. The van der Waals surface area contributed by atoms with Crippen molar-refractivity contribution in [3.05, 3.63) is 33.9 Å². The van der Waals surface area contributed by atoms with E-state index < -0.39 is 4.92 Å². The lowest BCUT2D eigenvalue weighted by Crippen LogP contribution is -2.46. The van der Waals surface area contributed by atoms with E-state index in [-0.39, 0.29) is 29.5 Å². The quantitative estimate of drug-likeness (QED) is 0.621. The summed E-state index contributed by atoms with van der Waals surface area (Å²) in [5.41, 5.74) is 0.113. The number of hydrogen-bond donors (Lipinski definition) is 2. The van der Waals surface area contributed by atoms with Crippen molar-refractivity contribution in [3.8, 4) is 5.75 Å². The predicted octanol–water partition coefficient (Wildman–Crippen LogP) is 0.857. The molecule has 1 aromatic rings. The van der Waals surface area contributed by atoms with Crippen LogP contribution in [-0.4, -0.2) is 35.2 Å². The van der Waals surface area contributed by atoms with Crippen molar-refractivity contribution in [2.24, 2.45) is 0 Å². The monoisotopic (exact) mass is 266 g/mol. The summed E-state index contributed by atoms with van der Waals surface area (Å²) in [6, 6.07) is 3.92. The highest BCUT2D eigenvalue weighted by molar-refractivity contribution is 5.95. The van der Waals surface area contributed by atoms with Gasteiger partial charge in [0.05, 0.1) is 18.1 Å². The van der Waals surface area contributed by atoms with Crippen LogP contribution in [0.4, 0.5) is 5.69 Å². The zero-order valence-electron chi connectivity index (χ0n) is 10.3. The Morgan fingerprint density at radius 3 is 2.74 bits per heavy atom. The normalized spacial score (nSPS) is 21.4. The van der Waals surface area contributed by atoms with Crippen LogP contribution in [-0.2, 0) is 0 Å². The Morgan fingerprint density at radius 2 is 2.21 bits per heavy atom. The first-order chi connectivity index (χ1) is 9.01. The van der Waals surface area contributed by atoms with E-state index in [1.165, 1.54) is 25.3 Å². The molecule has 0 spiro atoms. The molecule has 0 atom stereocenters. The topological polar surface area (TPSA) is 102 Å². The van der Waals surface area contributed by atoms with Gasteiger partial charge in [0.15, 0.2) is 5.75 Å². The second kappa shape index (κ2) is 5.23. The number of carbonyl (C=O) groups excluding carboxylic acids is 1. The van der Waals surface area contributed by atoms with Crippen LogP contribution in [0.2, 0.25) is 0 Å². The number of aliphatic hydroxyl groups is 1. The van der Waals surface area contributed by atoms with Crippen LogP contribution in [0.25, 0.3) is 0 Å². The minimum absolute atomic E-state index is 0.0383. The molecule has 0 aliphatic heterocycles. The van der Waals surface area contributed by atoms with Crippen molar-refractivity contribution in [2.45, 2.75) is 25.0 Å². The number of nitro groups is 1. The highest BCUT2D eigenvalue weighted by atomic mass is 16.6. The molecular weight excluding hydrogens is 252 g/mol. The van der Waals surface area contributed by atoms with Crippen LogP contribution in [0, 0.1) is 10.1 Å². The predicted molar refractivity (Wildman–Crippen MR) is 66.1 cm³/mol. The number of amides is 1. The maximum Gasteiger partial charge on any atom is 0.310 e. The molecule has 2 rings (SSSR count). The lowest BCUT2D eigenvalue weighted by molar-refractivity contribution is -0.385. The number of rotatable bonds is 4. The number of benzene rings is 1. The number of hydrogen-bond acceptors (Lipinski definition) is 5. The number of ether oxygens (including phenoxy) is 1. The fraction of sp³-hybridized carbons (Fsp3) is 0.417. The molecule has 1 aliphatic rings. The maximum absolute atomic E-state index is 11.9. The molecule has 102 valence electrons. The Balaban J connectivity index is 2.11. The van der Waals surface area contributed by atoms with Gasteiger partial charge in [-0.05, 0) is 18.9 Å². The summed E-state index contributed by atoms with van der Waals surface area (Å²) in [6.45, 7) is 0. The summed E-state index contributed by atoms with van der Waals surface area (Å²) in [6.07, 6.45) is 0.725. The molecule has 0 heterocycles. The zero-order chi connectivity index (χ0) is 14.0. The smallest absolute Gasteiger partial charge is 0.310 e. The van der Waals surface area contributed by atoms with Gasteiger partial charge in [0, 0.05) is 23.7 Å². The Hall–Kier alpha value is -2.15. The van der Waals surface area contributed by atoms with E-state index >= 15 is 0 Å². The van der Waals surface area contributed by atoms with Gasteiger partial charge >= 0.3 is 5.69 Å². The molecule has 1 aliphatic carbocycles. The van der Waals surface area contributed by atoms with Crippen molar-refractivity contribution < 1.29 is 19.6 Å². The first kappa shape index (κ1) is 13.3. The second-order valence-electron chi connectivity index (χ2n) is 4.44. The van der Waals surface area contributed by atoms with Crippen molar-refractivity contribution >= 4 is 11.6 Å². The van der Waals surface area contributed by atoms with Gasteiger partial charge in [-0.3, -0.25) is 14.9 Å². The minimum atomic E-state index is -0.567. The van der Waals surface area contributed by atoms with E-state index in [9.17, 15) is 14.9 Å². The van der Waals surface area contributed by atoms with Gasteiger partial charge in [-0.15, -0.1) is 0 Å². The average Bonchev–Trinajstić information content (AvgIpc) is 2.35. The lowest BCUT2D eigenvalue weighted by atomic mass is 9.89. The van der Waals surface area contributed by atoms with E-state index in [1.54, 1.807) is 0 Å². The Kier molecular flexibility index (Phi) is 3.66. The first-order valence-corrected chi connectivity index (χ1v) is 5.82. The van der Waals surface area contributed by atoms with Crippen molar-refractivity contribution in [1.82, 2.24) is 5.32 Å². The number of carbonyl (C=O) groups is 1. The summed E-state index contributed by atoms with van der Waals surface area (Å²) in [7, 11) is 1.31. The molecule has 1 saturated carbocycles. The largest absolute Gasteiger partial charge is 0.490 e. The van der Waals surface area contributed by atoms with E-state index in [0.717, 1.165) is 0 Å². The summed E-state index contributed by atoms with van der Waals surface area (Å²) in [4.78, 5) is 22.0. The molecule has 0 radical (unpaired) electrons. The third-order valence-corrected chi connectivity index (χ3v) is 3.09. The van der Waals surface area contributed by atoms with Crippen LogP contribution in [0.5, 0.6) is 5.75 Å². The van der Waals surface area contributed by atoms with E-state index in [1.807, 2.05) is 0 Å². The second-order valence-corrected chi connectivity index (χ2v) is 4.44. The molecule has 1 aromatic carbocycles. The third kappa shape index (κ3) is 2.82. The van der Waals surface area contributed by atoms with Crippen molar-refractivity contribution in [3.63, 3.8) is 0 Å². The van der Waals surface area contributed by atoms with Crippen LogP contribution in [0.3, 0.4) is 0 Å². The third-order valence-electron chi connectivity index (χ3n) is 3.09. The highest BCUT2D eigenvalue weighted by Crippen LogP contribution is 2.28. The van der Waals surface area contributed by atoms with Crippen LogP contribution in [0.1, 0.15) is 23.2 Å². The van der Waals surface area contributed by atoms with Gasteiger partial charge in [-0.25, -0.2) is 0 Å². The van der Waals surface area contributed by atoms with Gasteiger partial charge < -0.3 is 15.2 Å². The van der Waals surface area contributed by atoms with Crippen molar-refractivity contribution in [1.29, 1.82) is 0 Å². The maximum atomic E-state index is 11.9. The molecule has 2 N–H and O–H groups in total. The van der Waals surface area contributed by atoms with Crippen LogP contribution in [0.15, 0.2) is 18.2 Å². The molecule has 19 heavy (non-hydrogen) atoms. The van der Waals surface area contributed by atoms with Gasteiger partial charge in [0.1, 0.15) is 0 Å². The number of nitro benzene ring substituents is 1. The van der Waals surface area contributed by atoms with Crippen LogP contribution < -0.4 is 10.1 Å². The Morgan fingerprint density at radius 1 is 1.53 bits per heavy atom. The Labute approximate surface area is 109 Å². The molecule has 1 fully saturated rings. The fourth-order valence-corrected chi connectivity index (χ4v) is 1.94. The fourth-order valence-electron chi connectivity index (χ4n) is 1.94. The van der Waals surface area contributed by atoms with Gasteiger partial charge in [0.2, 0.25) is 0 Å². The highest BCUT2D eigenvalue weighted by Gasteiger charge is 2.29. The van der Waals surface area contributed by atoms with Gasteiger partial charge in [0.25, 0.3) is 5.91 Å². The van der Waals surface area contributed by atoms with Gasteiger partial charge in [-0.1, -0.05) is 0 Å². The van der Waals surface area contributed by atoms with E-state index in [0.29, 0.717) is 18.4 Å². The summed E-state index contributed by atoms with van der Waals surface area (Å²) >= 11 is 0. The van der Waals surface area contributed by atoms with Gasteiger partial charge in [-0.2, -0.15) is 0 Å². The van der Waals surface area contributed by atoms with E-state index in [4.69, 9.17) is 9.84 Å². The molecule has 7 nitrogen and oxygen atoms in total. The van der Waals surface area contributed by atoms with Crippen molar-refractivity contribution in [2.75, 3.05) is 7.11 Å². The number of aliphatic hydroxyl groups excluding tert-OH is 1. The molecule has 0 saturated heterocycles. The number of methoxy groups -OCH3 is 1. The average molecular weight is 266 g/mol. The number of nitrogens with one attached hydrogen (secondary N) is 1. The Bertz CT molecular complexity index is 511. The molecular formula is C12H14N2O5. The standard InChI is InChI=1S/C12H14N2O5/c1-19-11-4-7(2-3-10(11)14(17)18)12(16)13-8-5-9(15)6-8/h2-4,8-9,15H,5-6H2,1H3,(H,13,16). The molecule has 0 bridgehead atoms. The zero-order valence-corrected chi connectivity index (χ0v) is 10.3. The molecule has 0 unspecified atom stereocenters. The molecule has 0 aromatic heterocycles. The molecule has 7 heteroatoms. The summed E-state index contributed by atoms with van der Waals surface area (Å²) in [5.74, 6) is -0.281. The first-order valence-electron chi connectivity index (χ1n) is 5.82. The molecule has 1 amide bonds. The lowest BCUT2D eigenvalue weighted by Gasteiger charge is -2.31. The summed E-state index contributed by atoms with van der Waals surface area (Å²) < 4.78 is 4.90.